The summed E-state index contributed by atoms with van der Waals surface area (Å²) >= 11 is 0. The second-order valence-corrected chi connectivity index (χ2v) is 4.91. The lowest BCUT2D eigenvalue weighted by molar-refractivity contribution is -0.155. The van der Waals surface area contributed by atoms with Gasteiger partial charge < -0.3 is 5.11 Å². The van der Waals surface area contributed by atoms with Crippen LogP contribution in [0.2, 0.25) is 0 Å². The van der Waals surface area contributed by atoms with E-state index in [0.717, 1.165) is 17.7 Å². The average Bonchev–Trinajstić information content (AvgIpc) is 2.76. The summed E-state index contributed by atoms with van der Waals surface area (Å²) in [5.74, 6) is -1.29. The fraction of sp³-hybridized carbons (Fsp3) is 0.692. The molecule has 1 heterocycles. The molecule has 0 saturated carbocycles. The predicted octanol–water partition coefficient (Wildman–Crippen LogP) is 2.69. The Balaban J connectivity index is 2.76. The van der Waals surface area contributed by atoms with Gasteiger partial charge in [0, 0.05) is 12.7 Å². The second kappa shape index (κ2) is 7.44. The lowest BCUT2D eigenvalue weighted by atomic mass is 10.2. The maximum atomic E-state index is 12.4. The number of halogens is 3. The van der Waals surface area contributed by atoms with Crippen LogP contribution in [0.15, 0.2) is 12.3 Å². The Kier molecular flexibility index (Phi) is 6.19. The molecular weight excluding hydrogens is 287 g/mol. The molecule has 0 fully saturated rings. The van der Waals surface area contributed by atoms with Crippen molar-refractivity contribution in [2.75, 3.05) is 13.1 Å². The Labute approximate surface area is 121 Å². The van der Waals surface area contributed by atoms with E-state index in [4.69, 9.17) is 5.11 Å². The van der Waals surface area contributed by atoms with E-state index in [9.17, 15) is 18.0 Å². The Hall–Kier alpha value is -1.57. The van der Waals surface area contributed by atoms with Gasteiger partial charge in [-0.2, -0.15) is 18.3 Å². The lowest BCUT2D eigenvalue weighted by Crippen LogP contribution is -2.37. The number of carboxylic acids is 1. The third-order valence-electron chi connectivity index (χ3n) is 3.13. The number of carboxylic acid groups (broad SMARTS) is 1. The number of rotatable bonds is 8. The van der Waals surface area contributed by atoms with E-state index in [-0.39, 0.29) is 12.6 Å². The summed E-state index contributed by atoms with van der Waals surface area (Å²) < 4.78 is 39.0. The van der Waals surface area contributed by atoms with E-state index in [1.165, 1.54) is 0 Å². The summed E-state index contributed by atoms with van der Waals surface area (Å²) in [4.78, 5) is 11.5. The van der Waals surface area contributed by atoms with Crippen molar-refractivity contribution in [3.8, 4) is 0 Å². The van der Waals surface area contributed by atoms with Gasteiger partial charge in [0.2, 0.25) is 0 Å². The predicted molar refractivity (Wildman–Crippen MR) is 70.8 cm³/mol. The highest BCUT2D eigenvalue weighted by Gasteiger charge is 2.31. The Morgan fingerprint density at radius 1 is 1.43 bits per heavy atom. The SMILES string of the molecule is CCC(CC)n1ccc(CN(CC(=O)O)CC(F)(F)F)n1. The molecule has 8 heteroatoms. The summed E-state index contributed by atoms with van der Waals surface area (Å²) in [6, 6.07) is 1.83. The molecule has 5 nitrogen and oxygen atoms in total. The van der Waals surface area contributed by atoms with Crippen LogP contribution in [0, 0.1) is 0 Å². The van der Waals surface area contributed by atoms with Crippen molar-refractivity contribution in [2.24, 2.45) is 0 Å². The van der Waals surface area contributed by atoms with Crippen LogP contribution >= 0.6 is 0 Å². The molecule has 21 heavy (non-hydrogen) atoms. The molecule has 0 saturated heterocycles. The van der Waals surface area contributed by atoms with Crippen LogP contribution in [0.4, 0.5) is 13.2 Å². The first-order valence-corrected chi connectivity index (χ1v) is 6.80. The van der Waals surface area contributed by atoms with Gasteiger partial charge in [-0.3, -0.25) is 14.4 Å². The van der Waals surface area contributed by atoms with Crippen molar-refractivity contribution in [1.29, 1.82) is 0 Å². The lowest BCUT2D eigenvalue weighted by Gasteiger charge is -2.20. The molecule has 1 rings (SSSR count). The maximum absolute atomic E-state index is 12.4. The van der Waals surface area contributed by atoms with E-state index >= 15 is 0 Å². The van der Waals surface area contributed by atoms with Crippen LogP contribution in [-0.2, 0) is 11.3 Å². The van der Waals surface area contributed by atoms with Gasteiger partial charge in [0.05, 0.1) is 24.8 Å². The molecule has 0 spiro atoms. The van der Waals surface area contributed by atoms with Gasteiger partial charge >= 0.3 is 12.1 Å². The van der Waals surface area contributed by atoms with Crippen molar-refractivity contribution in [1.82, 2.24) is 14.7 Å². The van der Waals surface area contributed by atoms with Crippen LogP contribution in [0.25, 0.3) is 0 Å². The van der Waals surface area contributed by atoms with E-state index in [1.54, 1.807) is 16.9 Å². The third kappa shape index (κ3) is 6.16. The summed E-state index contributed by atoms with van der Waals surface area (Å²) in [5, 5.41) is 12.9. The molecule has 120 valence electrons. The molecule has 0 unspecified atom stereocenters. The van der Waals surface area contributed by atoms with Gasteiger partial charge in [-0.1, -0.05) is 13.8 Å². The minimum absolute atomic E-state index is 0.140. The number of aliphatic carboxylic acids is 1. The minimum atomic E-state index is -4.44. The highest BCUT2D eigenvalue weighted by Crippen LogP contribution is 2.19. The minimum Gasteiger partial charge on any atom is -0.480 e. The fourth-order valence-corrected chi connectivity index (χ4v) is 2.17. The van der Waals surface area contributed by atoms with Crippen LogP contribution in [0.3, 0.4) is 0 Å². The first-order valence-electron chi connectivity index (χ1n) is 6.80. The quantitative estimate of drug-likeness (QED) is 0.802. The number of nitrogens with zero attached hydrogens (tertiary/aromatic N) is 3. The zero-order valence-electron chi connectivity index (χ0n) is 12.1. The molecule has 0 atom stereocenters. The summed E-state index contributed by atoms with van der Waals surface area (Å²) in [6.07, 6.45) is -0.967. The Morgan fingerprint density at radius 2 is 2.05 bits per heavy atom. The molecule has 0 bridgehead atoms. The van der Waals surface area contributed by atoms with Gasteiger partial charge in [-0.25, -0.2) is 0 Å². The van der Waals surface area contributed by atoms with E-state index in [1.807, 2.05) is 13.8 Å². The molecule has 0 aliphatic carbocycles. The number of hydrogen-bond donors (Lipinski definition) is 1. The first-order chi connectivity index (χ1) is 9.75. The molecule has 0 aromatic carbocycles. The van der Waals surface area contributed by atoms with Crippen molar-refractivity contribution >= 4 is 5.97 Å². The maximum Gasteiger partial charge on any atom is 0.401 e. The molecular formula is C13H20F3N3O2. The normalized spacial score (nSPS) is 12.3. The van der Waals surface area contributed by atoms with Crippen LogP contribution in [0.5, 0.6) is 0 Å². The number of hydrogen-bond acceptors (Lipinski definition) is 3. The third-order valence-corrected chi connectivity index (χ3v) is 3.13. The van der Waals surface area contributed by atoms with E-state index < -0.39 is 25.2 Å². The van der Waals surface area contributed by atoms with Gasteiger partial charge in [0.15, 0.2) is 0 Å². The molecule has 1 aromatic rings. The molecule has 0 amide bonds. The Morgan fingerprint density at radius 3 is 2.52 bits per heavy atom. The second-order valence-electron chi connectivity index (χ2n) is 4.91. The zero-order chi connectivity index (χ0) is 16.0. The van der Waals surface area contributed by atoms with Gasteiger partial charge in [-0.15, -0.1) is 0 Å². The molecule has 0 aliphatic rings. The topological polar surface area (TPSA) is 58.4 Å². The zero-order valence-corrected chi connectivity index (χ0v) is 12.1. The standard InChI is InChI=1S/C13H20F3N3O2/c1-3-11(4-2)19-6-5-10(17-19)7-18(8-12(20)21)9-13(14,15)16/h5-6,11H,3-4,7-9H2,1-2H3,(H,20,21). The van der Waals surface area contributed by atoms with E-state index in [0.29, 0.717) is 5.69 Å². The van der Waals surface area contributed by atoms with Crippen molar-refractivity contribution in [3.05, 3.63) is 18.0 Å². The molecule has 1 N–H and O–H groups in total. The van der Waals surface area contributed by atoms with Crippen molar-refractivity contribution in [3.63, 3.8) is 0 Å². The van der Waals surface area contributed by atoms with Gasteiger partial charge in [-0.05, 0) is 18.9 Å². The van der Waals surface area contributed by atoms with Crippen LogP contribution in [-0.4, -0.2) is 45.0 Å². The first kappa shape index (κ1) is 17.5. The monoisotopic (exact) mass is 307 g/mol. The van der Waals surface area contributed by atoms with E-state index in [2.05, 4.69) is 5.10 Å². The smallest absolute Gasteiger partial charge is 0.401 e. The number of carbonyl (C=O) groups is 1. The summed E-state index contributed by atoms with van der Waals surface area (Å²) in [5.41, 5.74) is 0.437. The van der Waals surface area contributed by atoms with Crippen LogP contribution in [0.1, 0.15) is 38.4 Å². The Bertz CT molecular complexity index is 456. The number of alkyl halides is 3. The fourth-order valence-electron chi connectivity index (χ4n) is 2.17. The largest absolute Gasteiger partial charge is 0.480 e. The summed E-state index contributed by atoms with van der Waals surface area (Å²) in [7, 11) is 0. The highest BCUT2D eigenvalue weighted by atomic mass is 19.4. The van der Waals surface area contributed by atoms with Crippen LogP contribution < -0.4 is 0 Å². The van der Waals surface area contributed by atoms with Crippen molar-refractivity contribution < 1.29 is 23.1 Å². The van der Waals surface area contributed by atoms with Gasteiger partial charge in [0.1, 0.15) is 0 Å². The summed E-state index contributed by atoms with van der Waals surface area (Å²) in [6.45, 7) is 1.94. The highest BCUT2D eigenvalue weighted by molar-refractivity contribution is 5.69. The molecule has 0 radical (unpaired) electrons. The average molecular weight is 307 g/mol. The van der Waals surface area contributed by atoms with Gasteiger partial charge in [0.25, 0.3) is 0 Å². The molecule has 0 aliphatic heterocycles. The number of aromatic nitrogens is 2. The molecule has 1 aromatic heterocycles. The van der Waals surface area contributed by atoms with Crippen molar-refractivity contribution in [2.45, 2.75) is 45.5 Å².